The smallest absolute Gasteiger partial charge is 0.146 e. The van der Waals surface area contributed by atoms with Gasteiger partial charge in [0.2, 0.25) is 0 Å². The van der Waals surface area contributed by atoms with E-state index in [4.69, 9.17) is 10.8 Å². The van der Waals surface area contributed by atoms with Crippen LogP contribution in [0.3, 0.4) is 0 Å². The van der Waals surface area contributed by atoms with Crippen molar-refractivity contribution in [2.75, 3.05) is 0 Å². The molecule has 0 aromatic rings. The highest BCUT2D eigenvalue weighted by Gasteiger charge is 2.23. The van der Waals surface area contributed by atoms with Crippen LogP contribution < -0.4 is 5.73 Å². The fourth-order valence-electron chi connectivity index (χ4n) is 1.83. The molecule has 0 heterocycles. The SMILES string of the molecule is CC.CC.CC(=O)[C@@H](N)C1CCCCC1.CCC.CCC(C)(C)O. The molecule has 1 rings (SSSR count). The normalized spacial score (nSPS) is 14.8. The molecule has 0 aliphatic heterocycles. The van der Waals surface area contributed by atoms with Crippen LogP contribution in [0.15, 0.2) is 0 Å². The Balaban J connectivity index is -0.000000131. The van der Waals surface area contributed by atoms with Gasteiger partial charge in [0.25, 0.3) is 0 Å². The number of hydrogen-bond donors (Lipinski definition) is 2. The minimum absolute atomic E-state index is 0.150. The van der Waals surface area contributed by atoms with Crippen molar-refractivity contribution in [3.8, 4) is 0 Å². The largest absolute Gasteiger partial charge is 0.390 e. The molecule has 1 aliphatic carbocycles. The minimum Gasteiger partial charge on any atom is -0.390 e. The van der Waals surface area contributed by atoms with Gasteiger partial charge in [-0.25, -0.2) is 0 Å². The predicted octanol–water partition coefficient (Wildman–Crippen LogP) is 6.12. The van der Waals surface area contributed by atoms with Gasteiger partial charge < -0.3 is 10.8 Å². The van der Waals surface area contributed by atoms with E-state index >= 15 is 0 Å². The van der Waals surface area contributed by atoms with Gasteiger partial charge in [-0.05, 0) is 46.0 Å². The molecule has 0 saturated heterocycles. The summed E-state index contributed by atoms with van der Waals surface area (Å²) in [7, 11) is 0. The van der Waals surface area contributed by atoms with Gasteiger partial charge >= 0.3 is 0 Å². The third kappa shape index (κ3) is 26.5. The van der Waals surface area contributed by atoms with E-state index in [1.165, 1.54) is 25.7 Å². The van der Waals surface area contributed by atoms with Gasteiger partial charge in [-0.1, -0.05) is 74.1 Å². The molecule has 150 valence electrons. The van der Waals surface area contributed by atoms with Crippen molar-refractivity contribution < 1.29 is 9.90 Å². The van der Waals surface area contributed by atoms with Gasteiger partial charge in [-0.3, -0.25) is 4.79 Å². The summed E-state index contributed by atoms with van der Waals surface area (Å²) in [5.41, 5.74) is 5.28. The second kappa shape index (κ2) is 22.6. The quantitative estimate of drug-likeness (QED) is 0.646. The Morgan fingerprint density at radius 2 is 1.33 bits per heavy atom. The van der Waals surface area contributed by atoms with Crippen LogP contribution in [0.25, 0.3) is 0 Å². The Labute approximate surface area is 153 Å². The summed E-state index contributed by atoms with van der Waals surface area (Å²) in [6.45, 7) is 19.4. The summed E-state index contributed by atoms with van der Waals surface area (Å²) >= 11 is 0. The van der Waals surface area contributed by atoms with Gasteiger partial charge in [0.05, 0.1) is 11.6 Å². The second-order valence-corrected chi connectivity index (χ2v) is 6.41. The lowest BCUT2D eigenvalue weighted by atomic mass is 9.83. The Morgan fingerprint density at radius 1 is 1.04 bits per heavy atom. The molecule has 1 atom stereocenters. The van der Waals surface area contributed by atoms with Gasteiger partial charge in [0, 0.05) is 0 Å². The number of Topliss-reactive ketones (excluding diaryl/α,β-unsaturated/α-hetero) is 1. The maximum atomic E-state index is 10.9. The van der Waals surface area contributed by atoms with Crippen molar-refractivity contribution in [3.63, 3.8) is 0 Å². The molecule has 0 spiro atoms. The van der Waals surface area contributed by atoms with Gasteiger partial charge in [0.1, 0.15) is 5.78 Å². The standard InChI is InChI=1S/C9H17NO.C5H12O.C3H8.2C2H6/c1-7(11)9(10)8-5-3-2-4-6-8;1-4-5(2,3)6;1-3-2;2*1-2/h8-9H,2-6,10H2,1H3;6H,4H2,1-3H3;3H2,1-2H3;2*1-2H3/t9-;;;;/m1..../s1. The zero-order chi connectivity index (χ0) is 20.2. The second-order valence-electron chi connectivity index (χ2n) is 6.41. The molecule has 0 aromatic heterocycles. The molecule has 0 aromatic carbocycles. The van der Waals surface area contributed by atoms with Crippen LogP contribution >= 0.6 is 0 Å². The van der Waals surface area contributed by atoms with E-state index in [1.807, 2.05) is 34.6 Å². The lowest BCUT2D eigenvalue weighted by Crippen LogP contribution is -2.37. The van der Waals surface area contributed by atoms with Crippen molar-refractivity contribution in [1.82, 2.24) is 0 Å². The van der Waals surface area contributed by atoms with Gasteiger partial charge in [0.15, 0.2) is 0 Å². The molecule has 3 N–H and O–H groups in total. The number of hydrogen-bond acceptors (Lipinski definition) is 3. The van der Waals surface area contributed by atoms with Crippen molar-refractivity contribution in [1.29, 1.82) is 0 Å². The zero-order valence-electron chi connectivity index (χ0n) is 18.5. The highest BCUT2D eigenvalue weighted by molar-refractivity contribution is 5.81. The Bertz CT molecular complexity index is 228. The third-order valence-electron chi connectivity index (χ3n) is 3.49. The van der Waals surface area contributed by atoms with Crippen LogP contribution in [-0.2, 0) is 4.79 Å². The van der Waals surface area contributed by atoms with Crippen LogP contribution in [0.2, 0.25) is 0 Å². The number of ketones is 1. The summed E-state index contributed by atoms with van der Waals surface area (Å²) in [6.07, 6.45) is 8.22. The number of carbonyl (C=O) groups excluding carboxylic acids is 1. The van der Waals surface area contributed by atoms with E-state index in [0.29, 0.717) is 5.92 Å². The van der Waals surface area contributed by atoms with E-state index in [1.54, 1.807) is 20.8 Å². The molecular weight excluding hydrogens is 298 g/mol. The first-order valence-corrected chi connectivity index (χ1v) is 10.2. The van der Waals surface area contributed by atoms with Crippen molar-refractivity contribution in [2.45, 2.75) is 126 Å². The number of carbonyl (C=O) groups is 1. The van der Waals surface area contributed by atoms with E-state index in [9.17, 15) is 4.79 Å². The predicted molar refractivity (Wildman–Crippen MR) is 110 cm³/mol. The van der Waals surface area contributed by atoms with Crippen LogP contribution in [0, 0.1) is 5.92 Å². The average molecular weight is 348 g/mol. The lowest BCUT2D eigenvalue weighted by molar-refractivity contribution is -0.119. The van der Waals surface area contributed by atoms with E-state index in [-0.39, 0.29) is 11.8 Å². The summed E-state index contributed by atoms with van der Waals surface area (Å²) in [4.78, 5) is 10.9. The molecule has 0 amide bonds. The third-order valence-corrected chi connectivity index (χ3v) is 3.49. The fraction of sp³-hybridized carbons (Fsp3) is 0.952. The molecule has 1 saturated carbocycles. The van der Waals surface area contributed by atoms with Crippen LogP contribution in [0.4, 0.5) is 0 Å². The molecule has 3 heteroatoms. The number of rotatable bonds is 3. The number of nitrogens with two attached hydrogens (primary N) is 1. The Hall–Kier alpha value is -0.410. The zero-order valence-corrected chi connectivity index (χ0v) is 18.5. The minimum atomic E-state index is -0.458. The Morgan fingerprint density at radius 3 is 1.54 bits per heavy atom. The Kier molecular flexibility index (Phi) is 29.5. The summed E-state index contributed by atoms with van der Waals surface area (Å²) < 4.78 is 0. The molecule has 0 unspecified atom stereocenters. The van der Waals surface area contributed by atoms with Crippen LogP contribution in [-0.4, -0.2) is 22.5 Å². The van der Waals surface area contributed by atoms with Gasteiger partial charge in [-0.15, -0.1) is 0 Å². The molecule has 24 heavy (non-hydrogen) atoms. The van der Waals surface area contributed by atoms with E-state index in [2.05, 4.69) is 13.8 Å². The topological polar surface area (TPSA) is 63.3 Å². The monoisotopic (exact) mass is 347 g/mol. The molecule has 0 bridgehead atoms. The van der Waals surface area contributed by atoms with Crippen LogP contribution in [0.5, 0.6) is 0 Å². The van der Waals surface area contributed by atoms with Gasteiger partial charge in [-0.2, -0.15) is 0 Å². The van der Waals surface area contributed by atoms with Crippen molar-refractivity contribution in [2.24, 2.45) is 11.7 Å². The first-order chi connectivity index (χ1) is 11.2. The van der Waals surface area contributed by atoms with Crippen molar-refractivity contribution in [3.05, 3.63) is 0 Å². The summed E-state index contributed by atoms with van der Waals surface area (Å²) in [6, 6.07) is -0.185. The molecular formula is C21H49NO2. The first-order valence-electron chi connectivity index (χ1n) is 10.2. The highest BCUT2D eigenvalue weighted by Crippen LogP contribution is 2.25. The lowest BCUT2D eigenvalue weighted by Gasteiger charge is -2.25. The van der Waals surface area contributed by atoms with E-state index in [0.717, 1.165) is 19.3 Å². The molecule has 3 nitrogen and oxygen atoms in total. The molecule has 0 radical (unpaired) electrons. The molecule has 1 aliphatic rings. The summed E-state index contributed by atoms with van der Waals surface area (Å²) in [5.74, 6) is 0.623. The fourth-order valence-corrected chi connectivity index (χ4v) is 1.83. The number of aliphatic hydroxyl groups is 1. The maximum absolute atomic E-state index is 10.9. The maximum Gasteiger partial charge on any atom is 0.146 e. The summed E-state index contributed by atoms with van der Waals surface area (Å²) in [5, 5.41) is 8.83. The van der Waals surface area contributed by atoms with E-state index < -0.39 is 5.60 Å². The first kappa shape index (κ1) is 31.4. The van der Waals surface area contributed by atoms with Crippen LogP contribution in [0.1, 0.15) is 114 Å². The highest BCUT2D eigenvalue weighted by atomic mass is 16.3. The average Bonchev–Trinajstić information content (AvgIpc) is 2.59. The molecule has 1 fully saturated rings. The van der Waals surface area contributed by atoms with Crippen molar-refractivity contribution >= 4 is 5.78 Å².